The summed E-state index contributed by atoms with van der Waals surface area (Å²) < 4.78 is 0. The smallest absolute Gasteiger partial charge is 0.251 e. The second kappa shape index (κ2) is 11.5. The number of hydrogen-bond acceptors (Lipinski definition) is 4. The second-order valence-electron chi connectivity index (χ2n) is 6.57. The van der Waals surface area contributed by atoms with Crippen molar-refractivity contribution in [2.75, 3.05) is 29.0 Å². The number of hydrogen-bond donors (Lipinski definition) is 4. The maximum absolute atomic E-state index is 12.2. The Bertz CT molecular complexity index is 834. The van der Waals surface area contributed by atoms with Crippen molar-refractivity contribution in [1.29, 1.82) is 0 Å². The number of unbranched alkanes of at least 4 members (excludes halogenated alkanes) is 1. The van der Waals surface area contributed by atoms with Gasteiger partial charge in [0.1, 0.15) is 0 Å². The summed E-state index contributed by atoms with van der Waals surface area (Å²) in [5.41, 5.74) is 2.58. The Balaban J connectivity index is 1.82. The Morgan fingerprint density at radius 3 is 2.21 bits per heavy atom. The normalized spacial score (nSPS) is 10.1. The summed E-state index contributed by atoms with van der Waals surface area (Å²) in [5.74, 6) is -0.399. The highest BCUT2D eigenvalue weighted by Gasteiger charge is 2.07. The van der Waals surface area contributed by atoms with Crippen molar-refractivity contribution < 1.29 is 14.4 Å². The zero-order valence-corrected chi connectivity index (χ0v) is 16.9. The number of carbonyl (C=O) groups is 3. The van der Waals surface area contributed by atoms with Crippen molar-refractivity contribution in [2.45, 2.75) is 33.1 Å². The van der Waals surface area contributed by atoms with Crippen molar-refractivity contribution >= 4 is 34.8 Å². The van der Waals surface area contributed by atoms with Crippen LogP contribution in [-0.2, 0) is 9.59 Å². The first-order chi connectivity index (χ1) is 14.0. The average molecular weight is 396 g/mol. The SMILES string of the molecule is CCCCNC(=O)c1ccc(NC(=O)CNc2cccc(NC(=O)CC)c2)cc1. The van der Waals surface area contributed by atoms with Gasteiger partial charge in [-0.25, -0.2) is 0 Å². The van der Waals surface area contributed by atoms with E-state index in [1.807, 2.05) is 6.07 Å². The summed E-state index contributed by atoms with van der Waals surface area (Å²) in [6, 6.07) is 14.0. The van der Waals surface area contributed by atoms with E-state index in [9.17, 15) is 14.4 Å². The molecule has 0 heterocycles. The third-order valence-electron chi connectivity index (χ3n) is 4.17. The summed E-state index contributed by atoms with van der Waals surface area (Å²) in [4.78, 5) is 35.6. The lowest BCUT2D eigenvalue weighted by Crippen LogP contribution is -2.24. The van der Waals surface area contributed by atoms with Crippen LogP contribution in [0.5, 0.6) is 0 Å². The first-order valence-corrected chi connectivity index (χ1v) is 9.83. The number of anilines is 3. The van der Waals surface area contributed by atoms with E-state index in [0.29, 0.717) is 29.9 Å². The molecule has 0 bridgehead atoms. The van der Waals surface area contributed by atoms with E-state index in [-0.39, 0.29) is 24.3 Å². The van der Waals surface area contributed by atoms with Crippen LogP contribution in [0.2, 0.25) is 0 Å². The fourth-order valence-electron chi connectivity index (χ4n) is 2.53. The van der Waals surface area contributed by atoms with E-state index in [1.165, 1.54) is 0 Å². The molecule has 7 nitrogen and oxygen atoms in total. The fraction of sp³-hybridized carbons (Fsp3) is 0.318. The van der Waals surface area contributed by atoms with E-state index in [2.05, 4.69) is 28.2 Å². The molecular formula is C22H28N4O3. The van der Waals surface area contributed by atoms with E-state index >= 15 is 0 Å². The lowest BCUT2D eigenvalue weighted by atomic mass is 10.2. The van der Waals surface area contributed by atoms with Crippen molar-refractivity contribution in [3.63, 3.8) is 0 Å². The zero-order valence-electron chi connectivity index (χ0n) is 16.9. The fourth-order valence-corrected chi connectivity index (χ4v) is 2.53. The highest BCUT2D eigenvalue weighted by Crippen LogP contribution is 2.15. The molecule has 0 radical (unpaired) electrons. The van der Waals surface area contributed by atoms with Crippen molar-refractivity contribution in [2.24, 2.45) is 0 Å². The van der Waals surface area contributed by atoms with Crippen LogP contribution in [0.3, 0.4) is 0 Å². The van der Waals surface area contributed by atoms with Gasteiger partial charge in [-0.05, 0) is 48.9 Å². The molecule has 154 valence electrons. The molecule has 2 aromatic rings. The van der Waals surface area contributed by atoms with Crippen LogP contribution in [0.1, 0.15) is 43.5 Å². The van der Waals surface area contributed by atoms with Gasteiger partial charge in [0.05, 0.1) is 6.54 Å². The Kier molecular flexibility index (Phi) is 8.69. The predicted octanol–water partition coefficient (Wildman–Crippen LogP) is 3.62. The van der Waals surface area contributed by atoms with Crippen LogP contribution < -0.4 is 21.3 Å². The van der Waals surface area contributed by atoms with Gasteiger partial charge >= 0.3 is 0 Å². The molecule has 2 aromatic carbocycles. The molecule has 0 aliphatic rings. The topological polar surface area (TPSA) is 99.3 Å². The molecule has 0 aliphatic heterocycles. The van der Waals surface area contributed by atoms with Gasteiger partial charge < -0.3 is 21.3 Å². The standard InChI is InChI=1S/C22H28N4O3/c1-3-5-13-23-22(29)16-9-11-17(12-10-16)25-21(28)15-24-18-7-6-8-19(14-18)26-20(27)4-2/h6-12,14,24H,3-5,13,15H2,1-2H3,(H,23,29)(H,25,28)(H,26,27). The Morgan fingerprint density at radius 2 is 1.52 bits per heavy atom. The maximum Gasteiger partial charge on any atom is 0.251 e. The van der Waals surface area contributed by atoms with Gasteiger partial charge in [-0.2, -0.15) is 0 Å². The van der Waals surface area contributed by atoms with Crippen LogP contribution in [0.4, 0.5) is 17.1 Å². The van der Waals surface area contributed by atoms with E-state index in [0.717, 1.165) is 18.5 Å². The average Bonchev–Trinajstić information content (AvgIpc) is 2.73. The monoisotopic (exact) mass is 396 g/mol. The number of benzene rings is 2. The molecule has 0 saturated heterocycles. The van der Waals surface area contributed by atoms with Crippen molar-refractivity contribution in [1.82, 2.24) is 5.32 Å². The van der Waals surface area contributed by atoms with Crippen LogP contribution in [0.25, 0.3) is 0 Å². The molecule has 0 unspecified atom stereocenters. The molecule has 3 amide bonds. The molecule has 0 fully saturated rings. The van der Waals surface area contributed by atoms with Crippen LogP contribution in [0.15, 0.2) is 48.5 Å². The largest absolute Gasteiger partial charge is 0.376 e. The molecule has 4 N–H and O–H groups in total. The number of carbonyl (C=O) groups excluding carboxylic acids is 3. The Hall–Kier alpha value is -3.35. The molecule has 0 saturated carbocycles. The van der Waals surface area contributed by atoms with Gasteiger partial charge in [0.15, 0.2) is 0 Å². The minimum Gasteiger partial charge on any atom is -0.376 e. The van der Waals surface area contributed by atoms with Gasteiger partial charge in [-0.3, -0.25) is 14.4 Å². The third-order valence-corrected chi connectivity index (χ3v) is 4.17. The first-order valence-electron chi connectivity index (χ1n) is 9.83. The number of amides is 3. The third kappa shape index (κ3) is 7.65. The maximum atomic E-state index is 12.2. The van der Waals surface area contributed by atoms with Gasteiger partial charge in [-0.1, -0.05) is 26.3 Å². The van der Waals surface area contributed by atoms with Gasteiger partial charge in [-0.15, -0.1) is 0 Å². The summed E-state index contributed by atoms with van der Waals surface area (Å²) in [6.07, 6.45) is 2.37. The van der Waals surface area contributed by atoms with E-state index < -0.39 is 0 Å². The van der Waals surface area contributed by atoms with Crippen LogP contribution >= 0.6 is 0 Å². The molecule has 7 heteroatoms. The van der Waals surface area contributed by atoms with E-state index in [4.69, 9.17) is 0 Å². The van der Waals surface area contributed by atoms with Crippen molar-refractivity contribution in [3.8, 4) is 0 Å². The zero-order chi connectivity index (χ0) is 21.1. The molecule has 29 heavy (non-hydrogen) atoms. The van der Waals surface area contributed by atoms with Gasteiger partial charge in [0.2, 0.25) is 11.8 Å². The second-order valence-corrected chi connectivity index (χ2v) is 6.57. The highest BCUT2D eigenvalue weighted by molar-refractivity contribution is 5.97. The van der Waals surface area contributed by atoms with Crippen LogP contribution in [-0.4, -0.2) is 30.8 Å². The molecule has 0 aliphatic carbocycles. The molecule has 0 spiro atoms. The molecule has 0 atom stereocenters. The minimum atomic E-state index is -0.215. The number of nitrogens with one attached hydrogen (secondary N) is 4. The highest BCUT2D eigenvalue weighted by atomic mass is 16.2. The molecule has 0 aromatic heterocycles. The summed E-state index contributed by atoms with van der Waals surface area (Å²) in [5, 5.41) is 11.4. The summed E-state index contributed by atoms with van der Waals surface area (Å²) >= 11 is 0. The quantitative estimate of drug-likeness (QED) is 0.461. The number of rotatable bonds is 10. The van der Waals surface area contributed by atoms with Crippen molar-refractivity contribution in [3.05, 3.63) is 54.1 Å². The minimum absolute atomic E-state index is 0.0672. The molecule has 2 rings (SSSR count). The Labute approximate surface area is 171 Å². The predicted molar refractivity (Wildman–Crippen MR) is 116 cm³/mol. The lowest BCUT2D eigenvalue weighted by Gasteiger charge is -2.10. The van der Waals surface area contributed by atoms with Gasteiger partial charge in [0.25, 0.3) is 5.91 Å². The Morgan fingerprint density at radius 1 is 0.828 bits per heavy atom. The molecular weight excluding hydrogens is 368 g/mol. The lowest BCUT2D eigenvalue weighted by molar-refractivity contribution is -0.116. The van der Waals surface area contributed by atoms with Crippen LogP contribution in [0, 0.1) is 0 Å². The van der Waals surface area contributed by atoms with Gasteiger partial charge in [0, 0.05) is 35.6 Å². The van der Waals surface area contributed by atoms with E-state index in [1.54, 1.807) is 49.4 Å². The first kappa shape index (κ1) is 21.9. The summed E-state index contributed by atoms with van der Waals surface area (Å²) in [7, 11) is 0. The summed E-state index contributed by atoms with van der Waals surface area (Å²) in [6.45, 7) is 4.58.